The Labute approximate surface area is 227 Å². The average Bonchev–Trinajstić information content (AvgIpc) is 2.89. The van der Waals surface area contributed by atoms with E-state index in [4.69, 9.17) is 14.2 Å². The molecule has 202 valence electrons. The molecule has 0 fully saturated rings. The molecule has 1 N–H and O–H groups in total. The molecule has 1 aliphatic rings. The zero-order chi connectivity index (χ0) is 28.3. The lowest BCUT2D eigenvalue weighted by atomic mass is 10.1. The number of sulfone groups is 1. The summed E-state index contributed by atoms with van der Waals surface area (Å²) in [6.45, 7) is 1.13. The largest absolute Gasteiger partial charge is 0.496 e. The maximum absolute atomic E-state index is 13.3. The van der Waals surface area contributed by atoms with Gasteiger partial charge in [0.1, 0.15) is 11.5 Å². The van der Waals surface area contributed by atoms with Gasteiger partial charge in [0.15, 0.2) is 9.84 Å². The molecule has 0 atom stereocenters. The van der Waals surface area contributed by atoms with E-state index >= 15 is 0 Å². The number of methoxy groups -OCH3 is 2. The summed E-state index contributed by atoms with van der Waals surface area (Å²) in [5.74, 6) is -1.03. The van der Waals surface area contributed by atoms with Crippen LogP contribution in [0.2, 0.25) is 0 Å². The second-order valence-electron chi connectivity index (χ2n) is 8.20. The maximum atomic E-state index is 13.3. The highest BCUT2D eigenvalue weighted by molar-refractivity contribution is 8.04. The van der Waals surface area contributed by atoms with E-state index in [1.807, 2.05) is 0 Å². The Bertz CT molecular complexity index is 1610. The van der Waals surface area contributed by atoms with Crippen LogP contribution in [-0.2, 0) is 25.2 Å². The normalized spacial score (nSPS) is 13.8. The van der Waals surface area contributed by atoms with E-state index in [2.05, 4.69) is 5.32 Å². The Balaban J connectivity index is 1.66. The minimum absolute atomic E-state index is 0.0265. The lowest BCUT2D eigenvalue weighted by molar-refractivity contribution is -0.385. The zero-order valence-electron chi connectivity index (χ0n) is 20.9. The van der Waals surface area contributed by atoms with E-state index in [0.717, 1.165) is 18.7 Å². The van der Waals surface area contributed by atoms with Gasteiger partial charge < -0.3 is 19.5 Å². The van der Waals surface area contributed by atoms with Crippen LogP contribution in [0.25, 0.3) is 6.08 Å². The minimum Gasteiger partial charge on any atom is -0.496 e. The summed E-state index contributed by atoms with van der Waals surface area (Å²) in [7, 11) is -0.974. The molecule has 0 unspecified atom stereocenters. The third-order valence-electron chi connectivity index (χ3n) is 5.60. The standard InChI is InChI=1S/C26H22N2O9S2/c1-15(29)37-23-10-7-16(11-20(23)28(31)32)12-25-26(30)27-19-9-8-17(13-24(19)38-25)39(33,34)14-18-21(35-2)5-4-6-22(18)36-3/h4-13H,14H2,1-3H3,(H,27,30)/b25-12-. The highest BCUT2D eigenvalue weighted by Gasteiger charge is 2.26. The predicted molar refractivity (Wildman–Crippen MR) is 144 cm³/mol. The van der Waals surface area contributed by atoms with Gasteiger partial charge in [-0.1, -0.05) is 23.9 Å². The quantitative estimate of drug-likeness (QED) is 0.134. The van der Waals surface area contributed by atoms with Crippen molar-refractivity contribution in [2.24, 2.45) is 0 Å². The number of anilines is 1. The lowest BCUT2D eigenvalue weighted by Crippen LogP contribution is -2.18. The Hall–Kier alpha value is -4.36. The number of nitro benzene ring substituents is 1. The molecule has 1 amide bonds. The van der Waals surface area contributed by atoms with Gasteiger partial charge in [0, 0.05) is 17.9 Å². The number of carbonyl (C=O) groups is 2. The number of fused-ring (bicyclic) bond motifs is 1. The third kappa shape index (κ3) is 6.04. The fraction of sp³-hybridized carbons (Fsp3) is 0.154. The molecule has 0 saturated carbocycles. The number of rotatable bonds is 8. The Morgan fingerprint density at radius 2 is 1.74 bits per heavy atom. The molecule has 4 rings (SSSR count). The predicted octanol–water partition coefficient (Wildman–Crippen LogP) is 4.60. The van der Waals surface area contributed by atoms with Crippen molar-refractivity contribution >= 4 is 50.9 Å². The summed E-state index contributed by atoms with van der Waals surface area (Å²) < 4.78 is 42.2. The molecule has 13 heteroatoms. The van der Waals surface area contributed by atoms with Gasteiger partial charge in [-0.05, 0) is 48.0 Å². The molecular formula is C26H22N2O9S2. The monoisotopic (exact) mass is 570 g/mol. The van der Waals surface area contributed by atoms with Gasteiger partial charge in [-0.15, -0.1) is 0 Å². The van der Waals surface area contributed by atoms with E-state index in [1.54, 1.807) is 18.2 Å². The number of nitro groups is 1. The van der Waals surface area contributed by atoms with Crippen LogP contribution in [0.5, 0.6) is 17.2 Å². The van der Waals surface area contributed by atoms with E-state index in [-0.39, 0.29) is 21.3 Å². The Kier molecular flexibility index (Phi) is 7.93. The first kappa shape index (κ1) is 27.7. The van der Waals surface area contributed by atoms with Gasteiger partial charge in [-0.3, -0.25) is 19.7 Å². The van der Waals surface area contributed by atoms with Crippen LogP contribution < -0.4 is 19.5 Å². The third-order valence-corrected chi connectivity index (χ3v) is 8.32. The topological polar surface area (TPSA) is 151 Å². The first-order valence-corrected chi connectivity index (χ1v) is 13.7. The molecule has 1 heterocycles. The van der Waals surface area contributed by atoms with Crippen molar-refractivity contribution in [3.05, 3.63) is 80.7 Å². The van der Waals surface area contributed by atoms with E-state index in [9.17, 15) is 28.1 Å². The number of carbonyl (C=O) groups excluding carboxylic acids is 2. The lowest BCUT2D eigenvalue weighted by Gasteiger charge is -2.20. The molecule has 11 nitrogen and oxygen atoms in total. The van der Waals surface area contributed by atoms with Crippen LogP contribution in [0.1, 0.15) is 18.1 Å². The molecule has 0 aliphatic carbocycles. The number of amides is 1. The molecule has 39 heavy (non-hydrogen) atoms. The van der Waals surface area contributed by atoms with Gasteiger partial charge in [-0.2, -0.15) is 0 Å². The van der Waals surface area contributed by atoms with Crippen molar-refractivity contribution in [3.8, 4) is 17.2 Å². The van der Waals surface area contributed by atoms with Gasteiger partial charge in [-0.25, -0.2) is 8.42 Å². The van der Waals surface area contributed by atoms with Crippen LogP contribution in [0, 0.1) is 10.1 Å². The SMILES string of the molecule is COc1cccc(OC)c1CS(=O)(=O)c1ccc2c(c1)S/C(=C\c1ccc(OC(C)=O)c([N+](=O)[O-])c1)C(=O)N2. The van der Waals surface area contributed by atoms with Crippen LogP contribution >= 0.6 is 11.8 Å². The molecule has 0 saturated heterocycles. The van der Waals surface area contributed by atoms with Crippen molar-refractivity contribution in [2.45, 2.75) is 22.5 Å². The molecule has 0 aromatic heterocycles. The summed E-state index contributed by atoms with van der Waals surface area (Å²) in [6.07, 6.45) is 1.42. The highest BCUT2D eigenvalue weighted by atomic mass is 32.2. The number of ether oxygens (including phenoxy) is 3. The van der Waals surface area contributed by atoms with E-state index < -0.39 is 32.3 Å². The average molecular weight is 571 g/mol. The summed E-state index contributed by atoms with van der Waals surface area (Å²) >= 11 is 1.02. The second-order valence-corrected chi connectivity index (χ2v) is 11.3. The van der Waals surface area contributed by atoms with E-state index in [0.29, 0.717) is 33.2 Å². The first-order valence-electron chi connectivity index (χ1n) is 11.3. The smallest absolute Gasteiger partial charge is 0.312 e. The molecule has 3 aromatic rings. The van der Waals surface area contributed by atoms with Gasteiger partial charge >= 0.3 is 11.7 Å². The molecule has 0 bridgehead atoms. The first-order chi connectivity index (χ1) is 18.5. The number of hydrogen-bond acceptors (Lipinski definition) is 10. The Morgan fingerprint density at radius 3 is 2.36 bits per heavy atom. The number of nitrogens with one attached hydrogen (secondary N) is 1. The molecule has 1 aliphatic heterocycles. The fourth-order valence-electron chi connectivity index (χ4n) is 3.83. The second kappa shape index (κ2) is 11.2. The van der Waals surface area contributed by atoms with Crippen LogP contribution in [-0.4, -0.2) is 39.4 Å². The van der Waals surface area contributed by atoms with Crippen molar-refractivity contribution in [3.63, 3.8) is 0 Å². The number of esters is 1. The number of thioether (sulfide) groups is 1. The van der Waals surface area contributed by atoms with Crippen molar-refractivity contribution < 1.29 is 37.1 Å². The van der Waals surface area contributed by atoms with Crippen LogP contribution in [0.4, 0.5) is 11.4 Å². The van der Waals surface area contributed by atoms with Crippen molar-refractivity contribution in [1.82, 2.24) is 0 Å². The van der Waals surface area contributed by atoms with Crippen LogP contribution in [0.15, 0.2) is 69.3 Å². The highest BCUT2D eigenvalue weighted by Crippen LogP contribution is 2.41. The summed E-state index contributed by atoms with van der Waals surface area (Å²) in [5, 5.41) is 14.2. The summed E-state index contributed by atoms with van der Waals surface area (Å²) in [6, 6.07) is 13.2. The van der Waals surface area contributed by atoms with Crippen molar-refractivity contribution in [2.75, 3.05) is 19.5 Å². The molecule has 3 aromatic carbocycles. The maximum Gasteiger partial charge on any atom is 0.312 e. The van der Waals surface area contributed by atoms with Gasteiger partial charge in [0.05, 0.1) is 45.9 Å². The van der Waals surface area contributed by atoms with E-state index in [1.165, 1.54) is 56.7 Å². The van der Waals surface area contributed by atoms with Gasteiger partial charge in [0.2, 0.25) is 5.75 Å². The minimum atomic E-state index is -3.85. The Morgan fingerprint density at radius 1 is 1.05 bits per heavy atom. The number of nitrogens with zero attached hydrogens (tertiary/aromatic N) is 1. The van der Waals surface area contributed by atoms with Crippen LogP contribution in [0.3, 0.4) is 0 Å². The molecule has 0 spiro atoms. The van der Waals surface area contributed by atoms with Crippen molar-refractivity contribution in [1.29, 1.82) is 0 Å². The molecular weight excluding hydrogens is 548 g/mol. The zero-order valence-corrected chi connectivity index (χ0v) is 22.6. The molecule has 0 radical (unpaired) electrons. The number of hydrogen-bond donors (Lipinski definition) is 1. The summed E-state index contributed by atoms with van der Waals surface area (Å²) in [5.41, 5.74) is 0.666. The number of benzene rings is 3. The summed E-state index contributed by atoms with van der Waals surface area (Å²) in [4.78, 5) is 35.4. The van der Waals surface area contributed by atoms with Gasteiger partial charge in [0.25, 0.3) is 5.91 Å². The fourth-order valence-corrected chi connectivity index (χ4v) is 6.30.